The van der Waals surface area contributed by atoms with Crippen molar-refractivity contribution in [3.8, 4) is 0 Å². The van der Waals surface area contributed by atoms with Crippen molar-refractivity contribution in [2.24, 2.45) is 4.99 Å². The van der Waals surface area contributed by atoms with Crippen molar-refractivity contribution < 1.29 is 9.84 Å². The van der Waals surface area contributed by atoms with Crippen LogP contribution in [0.25, 0.3) is 0 Å². The first-order valence-corrected chi connectivity index (χ1v) is 7.02. The monoisotopic (exact) mass is 385 g/mol. The number of guanidine groups is 1. The number of nitrogens with zero attached hydrogens (tertiary/aromatic N) is 1. The number of ether oxygens (including phenoxy) is 1. The lowest BCUT2D eigenvalue weighted by molar-refractivity contribution is -0.0565. The molecule has 0 unspecified atom stereocenters. The Bertz CT molecular complexity index is 256. The zero-order valence-electron chi connectivity index (χ0n) is 12.1. The average molecular weight is 385 g/mol. The van der Waals surface area contributed by atoms with E-state index >= 15 is 0 Å². The van der Waals surface area contributed by atoms with Gasteiger partial charge in [0.15, 0.2) is 5.96 Å². The van der Waals surface area contributed by atoms with E-state index in [0.717, 1.165) is 31.9 Å². The zero-order valence-corrected chi connectivity index (χ0v) is 14.4. The lowest BCUT2D eigenvalue weighted by Gasteiger charge is -2.30. The second-order valence-electron chi connectivity index (χ2n) is 4.81. The van der Waals surface area contributed by atoms with E-state index in [1.54, 1.807) is 0 Å². The Labute approximate surface area is 133 Å². The fourth-order valence-electron chi connectivity index (χ4n) is 1.86. The van der Waals surface area contributed by atoms with Crippen molar-refractivity contribution in [2.45, 2.75) is 45.1 Å². The molecule has 0 amide bonds. The molecule has 1 fully saturated rings. The molecule has 1 aliphatic heterocycles. The summed E-state index contributed by atoms with van der Waals surface area (Å²) >= 11 is 0. The Morgan fingerprint density at radius 1 is 1.26 bits per heavy atom. The minimum Gasteiger partial charge on any atom is -0.388 e. The van der Waals surface area contributed by atoms with Crippen molar-refractivity contribution in [3.63, 3.8) is 0 Å². The largest absolute Gasteiger partial charge is 0.388 e. The highest BCUT2D eigenvalue weighted by molar-refractivity contribution is 14.0. The molecule has 6 heteroatoms. The Morgan fingerprint density at radius 3 is 2.53 bits per heavy atom. The zero-order chi connectivity index (χ0) is 13.3. The first-order valence-electron chi connectivity index (χ1n) is 7.02. The smallest absolute Gasteiger partial charge is 0.191 e. The summed E-state index contributed by atoms with van der Waals surface area (Å²) in [5, 5.41) is 16.8. The van der Waals surface area contributed by atoms with Crippen LogP contribution in [0.1, 0.15) is 39.5 Å². The van der Waals surface area contributed by atoms with Gasteiger partial charge >= 0.3 is 0 Å². The normalized spacial score (nSPS) is 18.6. The molecule has 1 aliphatic rings. The summed E-state index contributed by atoms with van der Waals surface area (Å²) in [5.74, 6) is 0.797. The molecule has 0 atom stereocenters. The van der Waals surface area contributed by atoms with Crippen LogP contribution in [0, 0.1) is 0 Å². The van der Waals surface area contributed by atoms with Gasteiger partial charge in [-0.15, -0.1) is 24.0 Å². The first kappa shape index (κ1) is 18.9. The Hall–Kier alpha value is -0.0800. The summed E-state index contributed by atoms with van der Waals surface area (Å²) in [4.78, 5) is 4.47. The van der Waals surface area contributed by atoms with Gasteiger partial charge < -0.3 is 20.5 Å². The summed E-state index contributed by atoms with van der Waals surface area (Å²) in [5.41, 5.74) is -0.689. The van der Waals surface area contributed by atoms with E-state index in [1.807, 2.05) is 6.92 Å². The van der Waals surface area contributed by atoms with Crippen LogP contribution in [-0.2, 0) is 4.74 Å². The van der Waals surface area contributed by atoms with E-state index in [2.05, 4.69) is 22.5 Å². The third kappa shape index (κ3) is 7.94. The van der Waals surface area contributed by atoms with Crippen LogP contribution in [0.2, 0.25) is 0 Å². The van der Waals surface area contributed by atoms with E-state index in [9.17, 15) is 5.11 Å². The summed E-state index contributed by atoms with van der Waals surface area (Å²) in [7, 11) is 0. The molecular formula is C13H28IN3O2. The van der Waals surface area contributed by atoms with E-state index in [0.29, 0.717) is 32.6 Å². The molecule has 3 N–H and O–H groups in total. The van der Waals surface area contributed by atoms with Crippen LogP contribution in [0.3, 0.4) is 0 Å². The fraction of sp³-hybridized carbons (Fsp3) is 0.923. The Morgan fingerprint density at radius 2 is 1.95 bits per heavy atom. The second-order valence-corrected chi connectivity index (χ2v) is 4.81. The van der Waals surface area contributed by atoms with Gasteiger partial charge in [0.1, 0.15) is 0 Å². The maximum atomic E-state index is 10.3. The van der Waals surface area contributed by atoms with Gasteiger partial charge in [-0.3, -0.25) is 4.99 Å². The molecule has 0 aromatic carbocycles. The molecule has 1 heterocycles. The summed E-state index contributed by atoms with van der Waals surface area (Å²) in [6, 6.07) is 0. The minimum absolute atomic E-state index is 0. The molecule has 114 valence electrons. The number of hydrogen-bond acceptors (Lipinski definition) is 3. The van der Waals surface area contributed by atoms with E-state index in [1.165, 1.54) is 0 Å². The maximum Gasteiger partial charge on any atom is 0.191 e. The lowest BCUT2D eigenvalue weighted by Crippen LogP contribution is -2.42. The first-order chi connectivity index (χ1) is 8.70. The molecule has 1 saturated heterocycles. The standard InChI is InChI=1S/C13H27N3O2.HI/c1-3-5-8-15-12(14-4-2)16-11-13(17)6-9-18-10-7-13;/h17H,3-11H2,1-2H3,(H2,14,15,16);1H. The second kappa shape index (κ2) is 10.7. The Kier molecular flexibility index (Phi) is 10.6. The molecule has 0 bridgehead atoms. The molecule has 0 radical (unpaired) electrons. The summed E-state index contributed by atoms with van der Waals surface area (Å²) < 4.78 is 5.26. The van der Waals surface area contributed by atoms with Gasteiger partial charge in [-0.25, -0.2) is 0 Å². The predicted molar refractivity (Wildman–Crippen MR) is 89.3 cm³/mol. The highest BCUT2D eigenvalue weighted by Crippen LogP contribution is 2.20. The quantitative estimate of drug-likeness (QED) is 0.281. The number of nitrogens with one attached hydrogen (secondary N) is 2. The van der Waals surface area contributed by atoms with Crippen molar-refractivity contribution in [1.29, 1.82) is 0 Å². The summed E-state index contributed by atoms with van der Waals surface area (Å²) in [6.45, 7) is 7.66. The predicted octanol–water partition coefficient (Wildman–Crippen LogP) is 1.50. The van der Waals surface area contributed by atoms with Crippen LogP contribution in [0.15, 0.2) is 4.99 Å². The topological polar surface area (TPSA) is 65.9 Å². The van der Waals surface area contributed by atoms with Gasteiger partial charge in [-0.1, -0.05) is 13.3 Å². The third-order valence-corrected chi connectivity index (χ3v) is 3.12. The van der Waals surface area contributed by atoms with Crippen molar-refractivity contribution in [1.82, 2.24) is 10.6 Å². The van der Waals surface area contributed by atoms with E-state index in [-0.39, 0.29) is 24.0 Å². The molecule has 0 saturated carbocycles. The van der Waals surface area contributed by atoms with Gasteiger partial charge in [-0.2, -0.15) is 0 Å². The van der Waals surface area contributed by atoms with Gasteiger partial charge in [0, 0.05) is 39.1 Å². The van der Waals surface area contributed by atoms with Crippen molar-refractivity contribution >= 4 is 29.9 Å². The average Bonchev–Trinajstić information content (AvgIpc) is 2.37. The molecule has 19 heavy (non-hydrogen) atoms. The third-order valence-electron chi connectivity index (χ3n) is 3.12. The van der Waals surface area contributed by atoms with Crippen LogP contribution in [0.5, 0.6) is 0 Å². The number of halogens is 1. The SMILES string of the molecule is CCCCNC(=NCC1(O)CCOCC1)NCC.I. The van der Waals surface area contributed by atoms with Gasteiger partial charge in [0.2, 0.25) is 0 Å². The maximum absolute atomic E-state index is 10.3. The number of hydrogen-bond donors (Lipinski definition) is 3. The number of unbranched alkanes of at least 4 members (excludes halogenated alkanes) is 1. The summed E-state index contributed by atoms with van der Waals surface area (Å²) in [6.07, 6.45) is 3.63. The molecule has 1 rings (SSSR count). The molecule has 0 aromatic heterocycles. The van der Waals surface area contributed by atoms with Gasteiger partial charge in [0.05, 0.1) is 12.1 Å². The number of aliphatic hydroxyl groups is 1. The van der Waals surface area contributed by atoms with Crippen molar-refractivity contribution in [3.05, 3.63) is 0 Å². The Balaban J connectivity index is 0.00000324. The highest BCUT2D eigenvalue weighted by Gasteiger charge is 2.29. The highest BCUT2D eigenvalue weighted by atomic mass is 127. The molecule has 5 nitrogen and oxygen atoms in total. The molecule has 0 aromatic rings. The number of aliphatic imine (C=N–C) groups is 1. The van der Waals surface area contributed by atoms with Crippen molar-refractivity contribution in [2.75, 3.05) is 32.8 Å². The van der Waals surface area contributed by atoms with Crippen LogP contribution < -0.4 is 10.6 Å². The molecule has 0 aliphatic carbocycles. The van der Waals surface area contributed by atoms with Gasteiger partial charge in [0.25, 0.3) is 0 Å². The number of rotatable bonds is 6. The minimum atomic E-state index is -0.689. The van der Waals surface area contributed by atoms with E-state index < -0.39 is 5.60 Å². The lowest BCUT2D eigenvalue weighted by atomic mass is 9.95. The van der Waals surface area contributed by atoms with Crippen LogP contribution in [0.4, 0.5) is 0 Å². The molecular weight excluding hydrogens is 357 g/mol. The van der Waals surface area contributed by atoms with Gasteiger partial charge in [-0.05, 0) is 13.3 Å². The molecule has 0 spiro atoms. The van der Waals surface area contributed by atoms with Crippen LogP contribution >= 0.6 is 24.0 Å². The fourth-order valence-corrected chi connectivity index (χ4v) is 1.86. The van der Waals surface area contributed by atoms with Crippen LogP contribution in [-0.4, -0.2) is 49.5 Å². The van der Waals surface area contributed by atoms with E-state index in [4.69, 9.17) is 4.74 Å².